The average molecular weight is 410 g/mol. The number of piperazine rings is 1. The quantitative estimate of drug-likeness (QED) is 0.761. The van der Waals surface area contributed by atoms with E-state index in [0.717, 1.165) is 51.6 Å². The van der Waals surface area contributed by atoms with Crippen molar-refractivity contribution in [1.82, 2.24) is 9.80 Å². The Hall–Kier alpha value is -2.08. The monoisotopic (exact) mass is 409 g/mol. The summed E-state index contributed by atoms with van der Waals surface area (Å²) in [6, 6.07) is 17.6. The van der Waals surface area contributed by atoms with Gasteiger partial charge in [0.25, 0.3) is 0 Å². The first-order valence-corrected chi connectivity index (χ1v) is 11.3. The van der Waals surface area contributed by atoms with E-state index in [4.69, 9.17) is 9.84 Å². The highest BCUT2D eigenvalue weighted by molar-refractivity contribution is 5.53. The number of rotatable bonds is 7. The summed E-state index contributed by atoms with van der Waals surface area (Å²) in [6.07, 6.45) is 2.55. The molecular weight excluding hydrogens is 374 g/mol. The molecule has 0 spiro atoms. The molecule has 2 saturated heterocycles. The van der Waals surface area contributed by atoms with Gasteiger partial charge in [0.1, 0.15) is 12.4 Å². The number of aliphatic hydroxyl groups is 1. The van der Waals surface area contributed by atoms with Gasteiger partial charge in [-0.15, -0.1) is 0 Å². The molecule has 1 atom stereocenters. The Balaban J connectivity index is 1.32. The number of piperidine rings is 1. The van der Waals surface area contributed by atoms with Crippen molar-refractivity contribution in [2.45, 2.75) is 32.4 Å². The standard InChI is InChI=1S/C25H35N3O2/c1-21-7-2-4-10-24(21)28-15-13-27(14-16-28)23-9-6-12-26(20-23)19-22-8-3-5-11-25(22)30-18-17-29/h2-5,7-8,10-11,23,29H,6,9,12-20H2,1H3/t23-/m1/s1. The second kappa shape index (κ2) is 10.3. The summed E-state index contributed by atoms with van der Waals surface area (Å²) >= 11 is 0. The molecule has 4 rings (SSSR count). The van der Waals surface area contributed by atoms with Crippen LogP contribution >= 0.6 is 0 Å². The predicted octanol–water partition coefficient (Wildman–Crippen LogP) is 3.15. The predicted molar refractivity (Wildman–Crippen MR) is 122 cm³/mol. The fraction of sp³-hybridized carbons (Fsp3) is 0.520. The molecule has 0 aliphatic carbocycles. The SMILES string of the molecule is Cc1ccccc1N1CCN([C@@H]2CCCN(Cc3ccccc3OCCO)C2)CC1. The molecule has 2 aliphatic rings. The largest absolute Gasteiger partial charge is 0.491 e. The van der Waals surface area contributed by atoms with Crippen molar-refractivity contribution in [2.24, 2.45) is 0 Å². The fourth-order valence-electron chi connectivity index (χ4n) is 4.89. The molecule has 0 radical (unpaired) electrons. The summed E-state index contributed by atoms with van der Waals surface area (Å²) in [5.41, 5.74) is 3.98. The van der Waals surface area contributed by atoms with Crippen LogP contribution in [0.3, 0.4) is 0 Å². The third-order valence-electron chi connectivity index (χ3n) is 6.48. The Morgan fingerprint density at radius 3 is 2.53 bits per heavy atom. The Morgan fingerprint density at radius 1 is 0.967 bits per heavy atom. The number of anilines is 1. The van der Waals surface area contributed by atoms with Crippen molar-refractivity contribution >= 4 is 5.69 Å². The lowest BCUT2D eigenvalue weighted by Crippen LogP contribution is -2.55. The van der Waals surface area contributed by atoms with Gasteiger partial charge in [0.05, 0.1) is 6.61 Å². The van der Waals surface area contributed by atoms with Crippen molar-refractivity contribution in [2.75, 3.05) is 57.4 Å². The highest BCUT2D eigenvalue weighted by Crippen LogP contribution is 2.25. The maximum Gasteiger partial charge on any atom is 0.123 e. The number of aliphatic hydroxyl groups excluding tert-OH is 1. The lowest BCUT2D eigenvalue weighted by molar-refractivity contribution is 0.0880. The van der Waals surface area contributed by atoms with Gasteiger partial charge < -0.3 is 14.7 Å². The van der Waals surface area contributed by atoms with Crippen LogP contribution in [0, 0.1) is 6.92 Å². The zero-order valence-electron chi connectivity index (χ0n) is 18.2. The van der Waals surface area contributed by atoms with E-state index in [1.54, 1.807) is 0 Å². The van der Waals surface area contributed by atoms with Crippen LogP contribution in [-0.2, 0) is 6.54 Å². The van der Waals surface area contributed by atoms with Crippen LogP contribution in [0.5, 0.6) is 5.75 Å². The Labute approximate surface area is 180 Å². The number of para-hydroxylation sites is 2. The molecule has 2 aromatic rings. The third kappa shape index (κ3) is 5.15. The first-order valence-electron chi connectivity index (χ1n) is 11.3. The van der Waals surface area contributed by atoms with Crippen LogP contribution in [0.15, 0.2) is 48.5 Å². The van der Waals surface area contributed by atoms with Crippen LogP contribution in [0.2, 0.25) is 0 Å². The number of ether oxygens (including phenoxy) is 1. The Morgan fingerprint density at radius 2 is 1.73 bits per heavy atom. The zero-order valence-corrected chi connectivity index (χ0v) is 18.2. The fourth-order valence-corrected chi connectivity index (χ4v) is 4.89. The third-order valence-corrected chi connectivity index (χ3v) is 6.48. The summed E-state index contributed by atoms with van der Waals surface area (Å²) in [5.74, 6) is 0.903. The smallest absolute Gasteiger partial charge is 0.123 e. The molecule has 162 valence electrons. The summed E-state index contributed by atoms with van der Waals surface area (Å²) in [4.78, 5) is 7.82. The molecule has 2 aromatic carbocycles. The highest BCUT2D eigenvalue weighted by atomic mass is 16.5. The lowest BCUT2D eigenvalue weighted by Gasteiger charge is -2.44. The van der Waals surface area contributed by atoms with E-state index in [9.17, 15) is 0 Å². The molecule has 0 bridgehead atoms. The second-order valence-electron chi connectivity index (χ2n) is 8.52. The number of hydrogen-bond donors (Lipinski definition) is 1. The minimum absolute atomic E-state index is 0.0502. The van der Waals surface area contributed by atoms with Gasteiger partial charge in [-0.3, -0.25) is 9.80 Å². The van der Waals surface area contributed by atoms with Crippen molar-refractivity contribution in [3.63, 3.8) is 0 Å². The number of likely N-dealkylation sites (tertiary alicyclic amines) is 1. The first-order chi connectivity index (χ1) is 14.7. The van der Waals surface area contributed by atoms with Gasteiger partial charge in [-0.25, -0.2) is 0 Å². The van der Waals surface area contributed by atoms with Crippen molar-refractivity contribution in [3.05, 3.63) is 59.7 Å². The van der Waals surface area contributed by atoms with E-state index in [-0.39, 0.29) is 6.61 Å². The molecule has 1 N–H and O–H groups in total. The topological polar surface area (TPSA) is 39.2 Å². The Kier molecular flexibility index (Phi) is 7.26. The molecule has 30 heavy (non-hydrogen) atoms. The Bertz CT molecular complexity index is 804. The van der Waals surface area contributed by atoms with Crippen LogP contribution in [-0.4, -0.2) is 73.4 Å². The van der Waals surface area contributed by atoms with Gasteiger partial charge in [0.15, 0.2) is 0 Å². The number of hydrogen-bond acceptors (Lipinski definition) is 5. The normalized spacial score (nSPS) is 21.0. The molecule has 0 amide bonds. The molecule has 5 nitrogen and oxygen atoms in total. The molecule has 5 heteroatoms. The van der Waals surface area contributed by atoms with E-state index in [1.165, 1.54) is 29.7 Å². The molecule has 0 saturated carbocycles. The van der Waals surface area contributed by atoms with Crippen LogP contribution in [0.1, 0.15) is 24.0 Å². The van der Waals surface area contributed by atoms with Crippen LogP contribution < -0.4 is 9.64 Å². The maximum absolute atomic E-state index is 9.08. The molecule has 2 heterocycles. The first kappa shape index (κ1) is 21.2. The highest BCUT2D eigenvalue weighted by Gasteiger charge is 2.28. The van der Waals surface area contributed by atoms with Gasteiger partial charge in [-0.2, -0.15) is 0 Å². The zero-order chi connectivity index (χ0) is 20.8. The second-order valence-corrected chi connectivity index (χ2v) is 8.52. The number of aryl methyl sites for hydroxylation is 1. The van der Waals surface area contributed by atoms with Gasteiger partial charge in [0, 0.05) is 56.6 Å². The number of benzene rings is 2. The van der Waals surface area contributed by atoms with Crippen LogP contribution in [0.4, 0.5) is 5.69 Å². The summed E-state index contributed by atoms with van der Waals surface area (Å²) < 4.78 is 5.74. The molecule has 2 aliphatic heterocycles. The van der Waals surface area contributed by atoms with Gasteiger partial charge in [0.2, 0.25) is 0 Å². The van der Waals surface area contributed by atoms with Gasteiger partial charge in [-0.05, 0) is 44.0 Å². The number of nitrogens with zero attached hydrogens (tertiary/aromatic N) is 3. The minimum atomic E-state index is 0.0502. The molecule has 2 fully saturated rings. The molecular formula is C25H35N3O2. The summed E-state index contributed by atoms with van der Waals surface area (Å²) in [5, 5.41) is 9.08. The minimum Gasteiger partial charge on any atom is -0.491 e. The summed E-state index contributed by atoms with van der Waals surface area (Å²) in [6.45, 7) is 10.3. The van der Waals surface area contributed by atoms with Gasteiger partial charge in [-0.1, -0.05) is 36.4 Å². The maximum atomic E-state index is 9.08. The molecule has 0 unspecified atom stereocenters. The van der Waals surface area contributed by atoms with E-state index in [0.29, 0.717) is 12.6 Å². The van der Waals surface area contributed by atoms with Crippen molar-refractivity contribution in [3.8, 4) is 5.75 Å². The lowest BCUT2D eigenvalue weighted by atomic mass is 10.0. The summed E-state index contributed by atoms with van der Waals surface area (Å²) in [7, 11) is 0. The van der Waals surface area contributed by atoms with Crippen molar-refractivity contribution in [1.29, 1.82) is 0 Å². The van der Waals surface area contributed by atoms with Gasteiger partial charge >= 0.3 is 0 Å². The average Bonchev–Trinajstić information content (AvgIpc) is 2.79. The van der Waals surface area contributed by atoms with Crippen LogP contribution in [0.25, 0.3) is 0 Å². The van der Waals surface area contributed by atoms with E-state index < -0.39 is 0 Å². The van der Waals surface area contributed by atoms with E-state index in [1.807, 2.05) is 12.1 Å². The van der Waals surface area contributed by atoms with Crippen molar-refractivity contribution < 1.29 is 9.84 Å². The molecule has 0 aromatic heterocycles. The van der Waals surface area contributed by atoms with E-state index >= 15 is 0 Å². The van der Waals surface area contributed by atoms with E-state index in [2.05, 4.69) is 58.0 Å².